The molecule has 2 atom stereocenters. The molecule has 1 aliphatic rings. The standard InChI is InChI=1S/C13H13Cl2N3O3/c1-6(7-2-3-8(14)9(15)4-7)16-11(19)5-10-12(20)18-13(21)17-10/h2-4,6,10H,5H2,1H3,(H,16,19)(H2,17,18,20,21)/t6?,10-/m0/s1. The molecule has 8 heteroatoms. The molecule has 1 saturated heterocycles. The molecule has 21 heavy (non-hydrogen) atoms. The van der Waals surface area contributed by atoms with E-state index in [1.54, 1.807) is 25.1 Å². The van der Waals surface area contributed by atoms with Gasteiger partial charge in [-0.2, -0.15) is 0 Å². The predicted molar refractivity (Wildman–Crippen MR) is 78.1 cm³/mol. The van der Waals surface area contributed by atoms with E-state index in [0.29, 0.717) is 10.0 Å². The van der Waals surface area contributed by atoms with E-state index in [1.165, 1.54) is 0 Å². The predicted octanol–water partition coefficient (Wildman–Crippen LogP) is 1.77. The fourth-order valence-corrected chi connectivity index (χ4v) is 2.26. The number of rotatable bonds is 4. The van der Waals surface area contributed by atoms with Crippen molar-refractivity contribution in [3.63, 3.8) is 0 Å². The third-order valence-electron chi connectivity index (χ3n) is 3.07. The lowest BCUT2D eigenvalue weighted by Gasteiger charge is -2.16. The number of nitrogens with one attached hydrogen (secondary N) is 3. The Morgan fingerprint density at radius 1 is 1.33 bits per heavy atom. The van der Waals surface area contributed by atoms with Gasteiger partial charge in [-0.05, 0) is 24.6 Å². The highest BCUT2D eigenvalue weighted by atomic mass is 35.5. The Bertz CT molecular complexity index is 606. The second-order valence-corrected chi connectivity index (χ2v) is 5.50. The second kappa shape index (κ2) is 6.32. The number of hydrogen-bond donors (Lipinski definition) is 3. The summed E-state index contributed by atoms with van der Waals surface area (Å²) in [5.74, 6) is -0.853. The zero-order valence-corrected chi connectivity index (χ0v) is 12.6. The van der Waals surface area contributed by atoms with Crippen molar-refractivity contribution < 1.29 is 14.4 Å². The molecule has 0 aromatic heterocycles. The monoisotopic (exact) mass is 329 g/mol. The van der Waals surface area contributed by atoms with Gasteiger partial charge < -0.3 is 10.6 Å². The smallest absolute Gasteiger partial charge is 0.322 e. The number of urea groups is 1. The molecule has 0 bridgehead atoms. The minimum absolute atomic E-state index is 0.122. The van der Waals surface area contributed by atoms with Gasteiger partial charge in [-0.1, -0.05) is 29.3 Å². The molecule has 112 valence electrons. The molecular formula is C13H13Cl2N3O3. The van der Waals surface area contributed by atoms with Gasteiger partial charge in [0.05, 0.1) is 22.5 Å². The molecular weight excluding hydrogens is 317 g/mol. The molecule has 4 amide bonds. The highest BCUT2D eigenvalue weighted by Gasteiger charge is 2.31. The normalized spacial score (nSPS) is 18.9. The molecule has 0 aliphatic carbocycles. The van der Waals surface area contributed by atoms with Gasteiger partial charge in [0.25, 0.3) is 5.91 Å². The topological polar surface area (TPSA) is 87.3 Å². The van der Waals surface area contributed by atoms with Crippen LogP contribution in [0.25, 0.3) is 0 Å². The number of amides is 4. The number of carbonyl (C=O) groups is 3. The van der Waals surface area contributed by atoms with E-state index in [2.05, 4.69) is 16.0 Å². The summed E-state index contributed by atoms with van der Waals surface area (Å²) in [7, 11) is 0. The van der Waals surface area contributed by atoms with Crippen LogP contribution in [0.15, 0.2) is 18.2 Å². The average molecular weight is 330 g/mol. The molecule has 0 spiro atoms. The van der Waals surface area contributed by atoms with Crippen molar-refractivity contribution >= 4 is 41.0 Å². The molecule has 3 N–H and O–H groups in total. The van der Waals surface area contributed by atoms with E-state index in [1.807, 2.05) is 0 Å². The van der Waals surface area contributed by atoms with Gasteiger partial charge in [-0.15, -0.1) is 0 Å². The zero-order valence-electron chi connectivity index (χ0n) is 11.1. The van der Waals surface area contributed by atoms with Crippen LogP contribution >= 0.6 is 23.2 Å². The van der Waals surface area contributed by atoms with Crippen LogP contribution in [0, 0.1) is 0 Å². The van der Waals surface area contributed by atoms with Crippen LogP contribution in [-0.2, 0) is 9.59 Å². The lowest BCUT2D eigenvalue weighted by Crippen LogP contribution is -2.37. The zero-order chi connectivity index (χ0) is 15.6. The van der Waals surface area contributed by atoms with Crippen molar-refractivity contribution in [2.24, 2.45) is 0 Å². The largest absolute Gasteiger partial charge is 0.350 e. The van der Waals surface area contributed by atoms with Crippen LogP contribution in [0.3, 0.4) is 0 Å². The van der Waals surface area contributed by atoms with Crippen molar-refractivity contribution in [1.29, 1.82) is 0 Å². The Hall–Kier alpha value is -1.79. The van der Waals surface area contributed by atoms with E-state index >= 15 is 0 Å². The third kappa shape index (κ3) is 3.86. The second-order valence-electron chi connectivity index (χ2n) is 4.68. The number of imide groups is 1. The van der Waals surface area contributed by atoms with Crippen LogP contribution < -0.4 is 16.0 Å². The summed E-state index contributed by atoms with van der Waals surface area (Å²) in [5, 5.41) is 8.00. The fraction of sp³-hybridized carbons (Fsp3) is 0.308. The van der Waals surface area contributed by atoms with E-state index in [-0.39, 0.29) is 18.4 Å². The molecule has 1 aromatic carbocycles. The van der Waals surface area contributed by atoms with Crippen LogP contribution in [-0.4, -0.2) is 23.9 Å². The molecule has 1 fully saturated rings. The summed E-state index contributed by atoms with van der Waals surface area (Å²) in [6.07, 6.45) is -0.122. The van der Waals surface area contributed by atoms with E-state index < -0.39 is 18.0 Å². The van der Waals surface area contributed by atoms with Crippen molar-refractivity contribution in [2.45, 2.75) is 25.4 Å². The van der Waals surface area contributed by atoms with Gasteiger partial charge >= 0.3 is 6.03 Å². The lowest BCUT2D eigenvalue weighted by molar-refractivity contribution is -0.126. The lowest BCUT2D eigenvalue weighted by atomic mass is 10.1. The van der Waals surface area contributed by atoms with Gasteiger partial charge in [-0.25, -0.2) is 4.79 Å². The maximum atomic E-state index is 11.9. The van der Waals surface area contributed by atoms with E-state index in [4.69, 9.17) is 23.2 Å². The Kier molecular flexibility index (Phi) is 4.69. The molecule has 1 aromatic rings. The van der Waals surface area contributed by atoms with Gasteiger partial charge in [0.2, 0.25) is 5.91 Å². The Morgan fingerprint density at radius 2 is 2.05 bits per heavy atom. The first kappa shape index (κ1) is 15.6. The Balaban J connectivity index is 1.94. The Morgan fingerprint density at radius 3 is 2.62 bits per heavy atom. The van der Waals surface area contributed by atoms with Crippen molar-refractivity contribution in [3.05, 3.63) is 33.8 Å². The maximum absolute atomic E-state index is 11.9. The molecule has 6 nitrogen and oxygen atoms in total. The summed E-state index contributed by atoms with van der Waals surface area (Å²) in [6.45, 7) is 1.78. The molecule has 1 heterocycles. The highest BCUT2D eigenvalue weighted by Crippen LogP contribution is 2.25. The fourth-order valence-electron chi connectivity index (χ4n) is 1.95. The van der Waals surface area contributed by atoms with Gasteiger partial charge in [0, 0.05) is 0 Å². The van der Waals surface area contributed by atoms with Crippen LogP contribution in [0.4, 0.5) is 4.79 Å². The summed E-state index contributed by atoms with van der Waals surface area (Å²) >= 11 is 11.8. The molecule has 2 rings (SSSR count). The average Bonchev–Trinajstić information content (AvgIpc) is 2.70. The molecule has 1 aliphatic heterocycles. The number of carbonyl (C=O) groups excluding carboxylic acids is 3. The quantitative estimate of drug-likeness (QED) is 0.735. The number of hydrogen-bond acceptors (Lipinski definition) is 3. The minimum Gasteiger partial charge on any atom is -0.350 e. The van der Waals surface area contributed by atoms with Crippen LogP contribution in [0.2, 0.25) is 10.0 Å². The first-order valence-corrected chi connectivity index (χ1v) is 6.98. The summed E-state index contributed by atoms with van der Waals surface area (Å²) in [5.41, 5.74) is 0.789. The SMILES string of the molecule is CC(NC(=O)C[C@@H]1NC(=O)NC1=O)c1ccc(Cl)c(Cl)c1. The number of halogens is 2. The molecule has 1 unspecified atom stereocenters. The molecule has 0 radical (unpaired) electrons. The van der Waals surface area contributed by atoms with Crippen LogP contribution in [0.1, 0.15) is 24.9 Å². The molecule has 0 saturated carbocycles. The van der Waals surface area contributed by atoms with Gasteiger partial charge in [-0.3, -0.25) is 14.9 Å². The van der Waals surface area contributed by atoms with Crippen molar-refractivity contribution in [2.75, 3.05) is 0 Å². The van der Waals surface area contributed by atoms with Gasteiger partial charge in [0.1, 0.15) is 6.04 Å². The minimum atomic E-state index is -0.835. The van der Waals surface area contributed by atoms with Gasteiger partial charge in [0.15, 0.2) is 0 Å². The number of benzene rings is 1. The van der Waals surface area contributed by atoms with Crippen LogP contribution in [0.5, 0.6) is 0 Å². The summed E-state index contributed by atoms with van der Waals surface area (Å²) in [4.78, 5) is 34.2. The van der Waals surface area contributed by atoms with E-state index in [9.17, 15) is 14.4 Å². The van der Waals surface area contributed by atoms with Crippen molar-refractivity contribution in [3.8, 4) is 0 Å². The highest BCUT2D eigenvalue weighted by molar-refractivity contribution is 6.42. The summed E-state index contributed by atoms with van der Waals surface area (Å²) < 4.78 is 0. The third-order valence-corrected chi connectivity index (χ3v) is 3.81. The first-order chi connectivity index (χ1) is 9.86. The summed E-state index contributed by atoms with van der Waals surface area (Å²) in [6, 6.07) is 3.34. The maximum Gasteiger partial charge on any atom is 0.322 e. The van der Waals surface area contributed by atoms with Crippen molar-refractivity contribution in [1.82, 2.24) is 16.0 Å². The van der Waals surface area contributed by atoms with E-state index in [0.717, 1.165) is 5.56 Å². The first-order valence-electron chi connectivity index (χ1n) is 6.22. The Labute approximate surface area is 131 Å².